The predicted octanol–water partition coefficient (Wildman–Crippen LogP) is 3.69. The van der Waals surface area contributed by atoms with Gasteiger partial charge in [0.05, 0.1) is 18.3 Å². The summed E-state index contributed by atoms with van der Waals surface area (Å²) in [6.07, 6.45) is 0.508. The number of esters is 1. The summed E-state index contributed by atoms with van der Waals surface area (Å²) in [6.45, 7) is 5.34. The maximum absolute atomic E-state index is 12.9. The first-order valence-corrected chi connectivity index (χ1v) is 7.96. The molecule has 0 radical (unpaired) electrons. The molecule has 0 N–H and O–H groups in total. The van der Waals surface area contributed by atoms with E-state index in [2.05, 4.69) is 0 Å². The molecule has 0 fully saturated rings. The van der Waals surface area contributed by atoms with Gasteiger partial charge in [0.25, 0.3) is 0 Å². The number of carbonyl (C=O) groups is 1. The van der Waals surface area contributed by atoms with Gasteiger partial charge < -0.3 is 18.3 Å². The van der Waals surface area contributed by atoms with Crippen molar-refractivity contribution in [3.63, 3.8) is 0 Å². The summed E-state index contributed by atoms with van der Waals surface area (Å²) in [5.41, 5.74) is 1.01. The molecule has 0 saturated heterocycles. The summed E-state index contributed by atoms with van der Waals surface area (Å²) in [4.78, 5) is 24.8. The highest BCUT2D eigenvalue weighted by molar-refractivity contribution is 5.82. The lowest BCUT2D eigenvalue weighted by Crippen LogP contribution is -2.28. The Bertz CT molecular complexity index is 952. The summed E-state index contributed by atoms with van der Waals surface area (Å²) in [5.74, 6) is -0.154. The lowest BCUT2D eigenvalue weighted by molar-refractivity contribution is -0.150. The molecule has 0 aliphatic rings. The highest BCUT2D eigenvalue weighted by atomic mass is 16.6. The maximum Gasteiger partial charge on any atom is 0.347 e. The lowest BCUT2D eigenvalue weighted by atomic mass is 10.1. The number of hydrogen-bond acceptors (Lipinski definition) is 6. The zero-order chi connectivity index (χ0) is 18.0. The number of fused-ring (bicyclic) bond motifs is 1. The van der Waals surface area contributed by atoms with E-state index in [4.69, 9.17) is 18.3 Å². The van der Waals surface area contributed by atoms with E-state index in [9.17, 15) is 9.59 Å². The molecule has 2 aromatic heterocycles. The second-order valence-corrected chi connectivity index (χ2v) is 5.58. The molecule has 3 rings (SSSR count). The molecule has 3 aromatic rings. The average Bonchev–Trinajstić information content (AvgIpc) is 3.11. The normalized spacial score (nSPS) is 12.1. The summed E-state index contributed by atoms with van der Waals surface area (Å²) in [5, 5.41) is 0.368. The van der Waals surface area contributed by atoms with Crippen LogP contribution in [0.3, 0.4) is 0 Å². The van der Waals surface area contributed by atoms with E-state index in [1.807, 2.05) is 13.0 Å². The Balaban J connectivity index is 2.16. The number of hydrogen-bond donors (Lipinski definition) is 0. The van der Waals surface area contributed by atoms with Crippen LogP contribution in [0, 0.1) is 6.92 Å². The average molecular weight is 342 g/mol. The first-order valence-electron chi connectivity index (χ1n) is 7.96. The van der Waals surface area contributed by atoms with Crippen LogP contribution < -0.4 is 10.2 Å². The van der Waals surface area contributed by atoms with E-state index < -0.39 is 12.1 Å². The SMILES string of the molecule is CCOC(=O)[C@H](C)Oc1c(-c2ccco2)oc2cc(C)ccc2c1=O. The molecule has 1 atom stereocenters. The van der Waals surface area contributed by atoms with E-state index in [1.54, 1.807) is 31.2 Å². The van der Waals surface area contributed by atoms with Gasteiger partial charge in [-0.05, 0) is 50.6 Å². The smallest absolute Gasteiger partial charge is 0.347 e. The van der Waals surface area contributed by atoms with E-state index in [1.165, 1.54) is 13.2 Å². The van der Waals surface area contributed by atoms with Gasteiger partial charge in [-0.1, -0.05) is 6.07 Å². The van der Waals surface area contributed by atoms with Crippen LogP contribution in [0.4, 0.5) is 0 Å². The predicted molar refractivity (Wildman–Crippen MR) is 91.6 cm³/mol. The second-order valence-electron chi connectivity index (χ2n) is 5.58. The van der Waals surface area contributed by atoms with Gasteiger partial charge in [0.15, 0.2) is 11.9 Å². The van der Waals surface area contributed by atoms with Crippen molar-refractivity contribution in [2.75, 3.05) is 6.61 Å². The largest absolute Gasteiger partial charge is 0.471 e. The molecule has 1 aromatic carbocycles. The van der Waals surface area contributed by atoms with Gasteiger partial charge in [-0.25, -0.2) is 4.79 Å². The van der Waals surface area contributed by atoms with Gasteiger partial charge in [0.2, 0.25) is 16.9 Å². The van der Waals surface area contributed by atoms with Crippen LogP contribution >= 0.6 is 0 Å². The molecule has 6 nitrogen and oxygen atoms in total. The zero-order valence-corrected chi connectivity index (χ0v) is 14.2. The Morgan fingerprint density at radius 2 is 2.08 bits per heavy atom. The topological polar surface area (TPSA) is 78.9 Å². The summed E-state index contributed by atoms with van der Waals surface area (Å²) < 4.78 is 21.8. The van der Waals surface area contributed by atoms with E-state index in [-0.39, 0.29) is 23.5 Å². The summed E-state index contributed by atoms with van der Waals surface area (Å²) >= 11 is 0. The van der Waals surface area contributed by atoms with Crippen LogP contribution in [0.5, 0.6) is 5.75 Å². The van der Waals surface area contributed by atoms with Crippen molar-refractivity contribution >= 4 is 16.9 Å². The van der Waals surface area contributed by atoms with E-state index in [0.717, 1.165) is 5.56 Å². The van der Waals surface area contributed by atoms with Crippen LogP contribution in [-0.2, 0) is 9.53 Å². The lowest BCUT2D eigenvalue weighted by Gasteiger charge is -2.15. The number of furan rings is 1. The zero-order valence-electron chi connectivity index (χ0n) is 14.2. The van der Waals surface area contributed by atoms with Crippen LogP contribution in [0.2, 0.25) is 0 Å². The molecule has 0 aliphatic heterocycles. The third kappa shape index (κ3) is 3.28. The van der Waals surface area contributed by atoms with Crippen molar-refractivity contribution in [3.8, 4) is 17.3 Å². The first kappa shape index (κ1) is 16.8. The van der Waals surface area contributed by atoms with Crippen LogP contribution in [0.15, 0.2) is 50.2 Å². The Morgan fingerprint density at radius 3 is 2.76 bits per heavy atom. The molecule has 0 spiro atoms. The van der Waals surface area contributed by atoms with Crippen LogP contribution in [0.1, 0.15) is 19.4 Å². The van der Waals surface area contributed by atoms with Crippen molar-refractivity contribution in [2.45, 2.75) is 26.9 Å². The number of benzene rings is 1. The highest BCUT2D eigenvalue weighted by Gasteiger charge is 2.24. The molecule has 0 unspecified atom stereocenters. The van der Waals surface area contributed by atoms with Gasteiger partial charge in [-0.2, -0.15) is 0 Å². The van der Waals surface area contributed by atoms with Crippen molar-refractivity contribution in [3.05, 3.63) is 52.4 Å². The molecule has 130 valence electrons. The van der Waals surface area contributed by atoms with Crippen LogP contribution in [0.25, 0.3) is 22.5 Å². The first-order chi connectivity index (χ1) is 12.0. The molecule has 0 amide bonds. The van der Waals surface area contributed by atoms with Gasteiger partial charge in [0.1, 0.15) is 5.58 Å². The Morgan fingerprint density at radius 1 is 1.28 bits per heavy atom. The fraction of sp³-hybridized carbons (Fsp3) is 0.263. The minimum Gasteiger partial charge on any atom is -0.471 e. The minimum absolute atomic E-state index is 0.0770. The molecule has 25 heavy (non-hydrogen) atoms. The van der Waals surface area contributed by atoms with Crippen LogP contribution in [-0.4, -0.2) is 18.7 Å². The summed E-state index contributed by atoms with van der Waals surface area (Å²) in [7, 11) is 0. The molecule has 2 heterocycles. The molecular formula is C19H18O6. The van der Waals surface area contributed by atoms with Gasteiger partial charge in [0, 0.05) is 0 Å². The molecule has 0 bridgehead atoms. The third-order valence-corrected chi connectivity index (χ3v) is 3.66. The van der Waals surface area contributed by atoms with Crippen molar-refractivity contribution in [1.82, 2.24) is 0 Å². The fourth-order valence-electron chi connectivity index (χ4n) is 2.44. The molecule has 0 saturated carbocycles. The van der Waals surface area contributed by atoms with Crippen molar-refractivity contribution < 1.29 is 23.1 Å². The number of ether oxygens (including phenoxy) is 2. The quantitative estimate of drug-likeness (QED) is 0.658. The fourth-order valence-corrected chi connectivity index (χ4v) is 2.44. The van der Waals surface area contributed by atoms with Crippen molar-refractivity contribution in [1.29, 1.82) is 0 Å². The van der Waals surface area contributed by atoms with E-state index >= 15 is 0 Å². The Hall–Kier alpha value is -3.02. The highest BCUT2D eigenvalue weighted by Crippen LogP contribution is 2.32. The van der Waals surface area contributed by atoms with Gasteiger partial charge in [-0.15, -0.1) is 0 Å². The third-order valence-electron chi connectivity index (χ3n) is 3.66. The van der Waals surface area contributed by atoms with E-state index in [0.29, 0.717) is 16.7 Å². The second kappa shape index (κ2) is 6.84. The van der Waals surface area contributed by atoms with Gasteiger partial charge in [-0.3, -0.25) is 4.79 Å². The monoisotopic (exact) mass is 342 g/mol. The minimum atomic E-state index is -0.959. The number of rotatable bonds is 5. The standard InChI is InChI=1S/C19H18O6/c1-4-22-19(21)12(3)24-18-16(20)13-8-7-11(2)10-15(13)25-17(18)14-6-5-9-23-14/h5-10,12H,4H2,1-3H3/t12-/m0/s1. The summed E-state index contributed by atoms with van der Waals surface area (Å²) in [6, 6.07) is 8.58. The van der Waals surface area contributed by atoms with Crippen molar-refractivity contribution in [2.24, 2.45) is 0 Å². The molecule has 0 aliphatic carbocycles. The van der Waals surface area contributed by atoms with Gasteiger partial charge >= 0.3 is 5.97 Å². The molecular weight excluding hydrogens is 324 g/mol. The maximum atomic E-state index is 12.9. The molecule has 6 heteroatoms. The Kier molecular flexibility index (Phi) is 4.61. The Labute approximate surface area is 144 Å². The number of aryl methyl sites for hydroxylation is 1. The number of carbonyl (C=O) groups excluding carboxylic acids is 1.